The summed E-state index contributed by atoms with van der Waals surface area (Å²) < 4.78 is 32.3. The number of aromatic nitrogens is 2. The number of sulfone groups is 1. The maximum atomic E-state index is 12.6. The third kappa shape index (κ3) is 6.96. The minimum Gasteiger partial charge on any atom is -0.465 e. The van der Waals surface area contributed by atoms with Gasteiger partial charge in [0.2, 0.25) is 5.91 Å². The van der Waals surface area contributed by atoms with E-state index in [1.54, 1.807) is 36.6 Å². The topological polar surface area (TPSA) is 137 Å². The van der Waals surface area contributed by atoms with E-state index in [1.807, 2.05) is 30.3 Å². The van der Waals surface area contributed by atoms with Gasteiger partial charge in [-0.3, -0.25) is 14.4 Å². The van der Waals surface area contributed by atoms with Gasteiger partial charge in [-0.2, -0.15) is 4.99 Å². The molecule has 1 N–H and O–H groups in total. The average Bonchev–Trinajstić information content (AvgIpc) is 3.43. The zero-order chi connectivity index (χ0) is 26.4. The van der Waals surface area contributed by atoms with E-state index >= 15 is 0 Å². The van der Waals surface area contributed by atoms with Gasteiger partial charge in [0.25, 0.3) is 5.91 Å². The zero-order valence-electron chi connectivity index (χ0n) is 19.6. The van der Waals surface area contributed by atoms with Gasteiger partial charge >= 0.3 is 5.97 Å². The number of nitrogens with one attached hydrogen (secondary N) is 1. The molecular weight excluding hydrogens is 536 g/mol. The number of carbonyl (C=O) groups is 3. The summed E-state index contributed by atoms with van der Waals surface area (Å²) in [7, 11) is -4.11. The molecule has 0 fully saturated rings. The van der Waals surface area contributed by atoms with Crippen molar-refractivity contribution in [2.24, 2.45) is 4.99 Å². The summed E-state index contributed by atoms with van der Waals surface area (Å²) in [6.07, 6.45) is 0. The predicted octanol–water partition coefficient (Wildman–Crippen LogP) is 2.87. The van der Waals surface area contributed by atoms with E-state index in [4.69, 9.17) is 4.74 Å². The summed E-state index contributed by atoms with van der Waals surface area (Å²) in [6, 6.07) is 16.5. The normalized spacial score (nSPS) is 12.0. The molecule has 0 unspecified atom stereocenters. The Labute approximate surface area is 220 Å². The van der Waals surface area contributed by atoms with E-state index in [1.165, 1.54) is 4.57 Å². The number of nitrogens with zero attached hydrogens (tertiary/aromatic N) is 3. The number of amides is 2. The molecule has 192 valence electrons. The van der Waals surface area contributed by atoms with Crippen molar-refractivity contribution in [3.63, 3.8) is 0 Å². The molecule has 2 aromatic heterocycles. The number of anilines is 1. The SMILES string of the molecule is CCOC(=O)Cn1c(=NC(=O)CS(=O)(=O)CC(=O)Nc2nc(-c3ccccc3)cs2)sc2ccccc21. The first kappa shape index (κ1) is 26.4. The van der Waals surface area contributed by atoms with E-state index in [9.17, 15) is 22.8 Å². The summed E-state index contributed by atoms with van der Waals surface area (Å²) in [6.45, 7) is 1.69. The Hall–Kier alpha value is -3.68. The van der Waals surface area contributed by atoms with Crippen LogP contribution in [0.4, 0.5) is 5.13 Å². The highest BCUT2D eigenvalue weighted by Crippen LogP contribution is 2.24. The second-order valence-corrected chi connectivity index (χ2v) is 11.7. The Bertz CT molecular complexity index is 1620. The molecule has 10 nitrogen and oxygen atoms in total. The monoisotopic (exact) mass is 558 g/mol. The molecule has 2 aromatic carbocycles. The van der Waals surface area contributed by atoms with E-state index in [0.717, 1.165) is 32.9 Å². The fourth-order valence-electron chi connectivity index (χ4n) is 3.40. The highest BCUT2D eigenvalue weighted by Gasteiger charge is 2.22. The molecule has 13 heteroatoms. The standard InChI is InChI=1S/C24H22N4O6S3/c1-2-34-22(31)12-28-18-10-6-7-11-19(18)36-24(28)27-21(30)15-37(32,33)14-20(29)26-23-25-17(13-35-23)16-8-4-3-5-9-16/h3-11,13H,2,12,14-15H2,1H3,(H,25,26,29). The number of rotatable bonds is 9. The van der Waals surface area contributed by atoms with Gasteiger partial charge in [0.15, 0.2) is 19.8 Å². The van der Waals surface area contributed by atoms with E-state index in [-0.39, 0.29) is 23.1 Å². The summed E-state index contributed by atoms with van der Waals surface area (Å²) in [4.78, 5) is 45.4. The van der Waals surface area contributed by atoms with Gasteiger partial charge in [-0.05, 0) is 19.1 Å². The van der Waals surface area contributed by atoms with Gasteiger partial charge in [0.1, 0.15) is 18.1 Å². The van der Waals surface area contributed by atoms with Gasteiger partial charge in [-0.15, -0.1) is 11.3 Å². The lowest BCUT2D eigenvalue weighted by Gasteiger charge is -2.05. The molecule has 2 heterocycles. The van der Waals surface area contributed by atoms with Crippen LogP contribution in [0.15, 0.2) is 65.0 Å². The van der Waals surface area contributed by atoms with Crippen LogP contribution in [0.25, 0.3) is 21.5 Å². The molecule has 2 amide bonds. The second-order valence-electron chi connectivity index (χ2n) is 7.73. The Kier molecular flexibility index (Phi) is 8.26. The van der Waals surface area contributed by atoms with Crippen LogP contribution < -0.4 is 10.1 Å². The smallest absolute Gasteiger partial charge is 0.326 e. The molecule has 0 aliphatic heterocycles. The Balaban J connectivity index is 1.45. The summed E-state index contributed by atoms with van der Waals surface area (Å²) in [5.74, 6) is -4.12. The minimum atomic E-state index is -4.11. The molecule has 0 spiro atoms. The van der Waals surface area contributed by atoms with Crippen LogP contribution in [-0.4, -0.2) is 53.9 Å². The first-order valence-electron chi connectivity index (χ1n) is 11.1. The molecule has 0 radical (unpaired) electrons. The molecule has 0 aliphatic carbocycles. The van der Waals surface area contributed by atoms with Crippen LogP contribution in [0.1, 0.15) is 6.92 Å². The molecule has 0 atom stereocenters. The zero-order valence-corrected chi connectivity index (χ0v) is 22.1. The molecule has 0 bridgehead atoms. The molecule has 0 aliphatic rings. The number of para-hydroxylation sites is 1. The van der Waals surface area contributed by atoms with Gasteiger partial charge in [0.05, 0.1) is 22.5 Å². The quantitative estimate of drug-likeness (QED) is 0.312. The van der Waals surface area contributed by atoms with Gasteiger partial charge < -0.3 is 14.6 Å². The van der Waals surface area contributed by atoms with Crippen molar-refractivity contribution in [2.45, 2.75) is 13.5 Å². The fraction of sp³-hybridized carbons (Fsp3) is 0.208. The van der Waals surface area contributed by atoms with Crippen molar-refractivity contribution in [3.8, 4) is 11.3 Å². The number of fused-ring (bicyclic) bond motifs is 1. The minimum absolute atomic E-state index is 0.162. The van der Waals surface area contributed by atoms with Crippen molar-refractivity contribution in [2.75, 3.05) is 23.4 Å². The molecule has 4 aromatic rings. The first-order valence-corrected chi connectivity index (χ1v) is 14.6. The van der Waals surface area contributed by atoms with Crippen LogP contribution in [-0.2, 0) is 35.5 Å². The van der Waals surface area contributed by atoms with Crippen molar-refractivity contribution in [3.05, 3.63) is 64.8 Å². The Morgan fingerprint density at radius 2 is 1.78 bits per heavy atom. The van der Waals surface area contributed by atoms with Gasteiger partial charge in [0, 0.05) is 10.9 Å². The van der Waals surface area contributed by atoms with Gasteiger partial charge in [-0.25, -0.2) is 13.4 Å². The molecule has 0 saturated carbocycles. The lowest BCUT2D eigenvalue weighted by atomic mass is 10.2. The Morgan fingerprint density at radius 3 is 2.54 bits per heavy atom. The summed E-state index contributed by atoms with van der Waals surface area (Å²) in [5, 5.41) is 4.46. The average molecular weight is 559 g/mol. The van der Waals surface area contributed by atoms with Crippen molar-refractivity contribution >= 4 is 65.6 Å². The Morgan fingerprint density at radius 1 is 1.05 bits per heavy atom. The third-order valence-electron chi connectivity index (χ3n) is 4.92. The lowest BCUT2D eigenvalue weighted by molar-refractivity contribution is -0.143. The van der Waals surface area contributed by atoms with Crippen LogP contribution in [0.3, 0.4) is 0 Å². The number of esters is 1. The van der Waals surface area contributed by atoms with Crippen LogP contribution >= 0.6 is 22.7 Å². The molecule has 0 saturated heterocycles. The van der Waals surface area contributed by atoms with Crippen LogP contribution in [0.5, 0.6) is 0 Å². The highest BCUT2D eigenvalue weighted by molar-refractivity contribution is 7.92. The lowest BCUT2D eigenvalue weighted by Crippen LogP contribution is -2.28. The number of thiazole rings is 2. The first-order chi connectivity index (χ1) is 17.7. The summed E-state index contributed by atoms with van der Waals surface area (Å²) >= 11 is 2.30. The number of benzene rings is 2. The number of hydrogen-bond acceptors (Lipinski definition) is 9. The molecular formula is C24H22N4O6S3. The largest absolute Gasteiger partial charge is 0.465 e. The molecule has 37 heavy (non-hydrogen) atoms. The van der Waals surface area contributed by atoms with E-state index in [0.29, 0.717) is 11.2 Å². The highest BCUT2D eigenvalue weighted by atomic mass is 32.2. The predicted molar refractivity (Wildman–Crippen MR) is 142 cm³/mol. The van der Waals surface area contributed by atoms with Crippen LogP contribution in [0, 0.1) is 0 Å². The third-order valence-corrected chi connectivity index (χ3v) is 8.12. The fourth-order valence-corrected chi connectivity index (χ4v) is 6.20. The van der Waals surface area contributed by atoms with Crippen molar-refractivity contribution in [1.82, 2.24) is 9.55 Å². The summed E-state index contributed by atoms with van der Waals surface area (Å²) in [5.41, 5.74) is 2.17. The number of carbonyl (C=O) groups excluding carboxylic acids is 3. The second kappa shape index (κ2) is 11.6. The number of hydrogen-bond donors (Lipinski definition) is 1. The van der Waals surface area contributed by atoms with Gasteiger partial charge in [-0.1, -0.05) is 53.8 Å². The van der Waals surface area contributed by atoms with Crippen molar-refractivity contribution < 1.29 is 27.5 Å². The molecule has 4 rings (SSSR count). The van der Waals surface area contributed by atoms with E-state index in [2.05, 4.69) is 15.3 Å². The van der Waals surface area contributed by atoms with Crippen molar-refractivity contribution in [1.29, 1.82) is 0 Å². The maximum Gasteiger partial charge on any atom is 0.326 e. The van der Waals surface area contributed by atoms with Crippen LogP contribution in [0.2, 0.25) is 0 Å². The maximum absolute atomic E-state index is 12.6. The van der Waals surface area contributed by atoms with E-state index < -0.39 is 39.1 Å². The number of ether oxygens (including phenoxy) is 1.